The van der Waals surface area contributed by atoms with Crippen molar-refractivity contribution in [2.24, 2.45) is 0 Å². The van der Waals surface area contributed by atoms with E-state index in [9.17, 15) is 18.0 Å². The Morgan fingerprint density at radius 3 is 2.87 bits per heavy atom. The van der Waals surface area contributed by atoms with Crippen LogP contribution in [0.3, 0.4) is 0 Å². The lowest BCUT2D eigenvalue weighted by Crippen LogP contribution is -2.42. The van der Waals surface area contributed by atoms with Gasteiger partial charge in [0.2, 0.25) is 5.82 Å². The summed E-state index contributed by atoms with van der Waals surface area (Å²) in [4.78, 5) is 22.7. The van der Waals surface area contributed by atoms with E-state index in [4.69, 9.17) is 4.42 Å². The largest absolute Gasteiger partial charge is 0.463 e. The first-order valence-corrected chi connectivity index (χ1v) is 9.74. The molecule has 4 rings (SSSR count). The molecule has 0 aromatic carbocycles. The Bertz CT molecular complexity index is 1030. The molecule has 11 heteroatoms. The number of alkyl halides is 3. The van der Waals surface area contributed by atoms with Gasteiger partial charge >= 0.3 is 6.18 Å². The topological polar surface area (TPSA) is 88.6 Å². The first-order chi connectivity index (χ1) is 14.3. The van der Waals surface area contributed by atoms with Gasteiger partial charge in [0.05, 0.1) is 6.26 Å². The number of hydrogen-bond donors (Lipinski definition) is 1. The number of furan rings is 1. The minimum absolute atomic E-state index is 0.0433. The number of hydrogen-bond acceptors (Lipinski definition) is 6. The van der Waals surface area contributed by atoms with Crippen molar-refractivity contribution in [3.8, 4) is 11.5 Å². The first-order valence-electron chi connectivity index (χ1n) is 9.74. The Balaban J connectivity index is 1.55. The third kappa shape index (κ3) is 4.16. The van der Waals surface area contributed by atoms with Crippen LogP contribution in [0.2, 0.25) is 0 Å². The summed E-state index contributed by atoms with van der Waals surface area (Å²) in [5.74, 6) is -1.17. The maximum Gasteiger partial charge on any atom is 0.433 e. The van der Waals surface area contributed by atoms with Gasteiger partial charge in [-0.2, -0.15) is 22.7 Å². The second-order valence-corrected chi connectivity index (χ2v) is 7.29. The SMILES string of the molecule is C[C@H]1CCCCN1CCNC(=O)c1nc2nc(-c3ccco3)cc(C(F)(F)F)n2n1. The molecule has 1 amide bonds. The summed E-state index contributed by atoms with van der Waals surface area (Å²) < 4.78 is 46.3. The van der Waals surface area contributed by atoms with Gasteiger partial charge in [0, 0.05) is 19.1 Å². The van der Waals surface area contributed by atoms with Gasteiger partial charge in [-0.25, -0.2) is 4.98 Å². The van der Waals surface area contributed by atoms with Gasteiger partial charge in [-0.3, -0.25) is 9.69 Å². The fourth-order valence-corrected chi connectivity index (χ4v) is 3.60. The first kappa shape index (κ1) is 20.3. The van der Waals surface area contributed by atoms with Gasteiger partial charge in [-0.1, -0.05) is 6.42 Å². The maximum atomic E-state index is 13.5. The van der Waals surface area contributed by atoms with Crippen LogP contribution < -0.4 is 5.32 Å². The number of fused-ring (bicyclic) bond motifs is 1. The molecule has 3 aromatic rings. The number of likely N-dealkylation sites (tertiary alicyclic amines) is 1. The van der Waals surface area contributed by atoms with Crippen LogP contribution in [0.4, 0.5) is 13.2 Å². The standard InChI is InChI=1S/C19H21F3N6O2/c1-12-5-2-3-8-27(12)9-7-23-17(29)16-25-18-24-13(14-6-4-10-30-14)11-15(19(20,21)22)28(18)26-16/h4,6,10-12H,2-3,5,7-9H2,1H3,(H,23,29)/t12-/m0/s1. The van der Waals surface area contributed by atoms with Gasteiger partial charge in [-0.15, -0.1) is 5.10 Å². The van der Waals surface area contributed by atoms with E-state index >= 15 is 0 Å². The molecule has 0 unspecified atom stereocenters. The average Bonchev–Trinajstić information content (AvgIpc) is 3.37. The number of carbonyl (C=O) groups excluding carboxylic acids is 1. The third-order valence-electron chi connectivity index (χ3n) is 5.20. The Morgan fingerprint density at radius 1 is 1.33 bits per heavy atom. The summed E-state index contributed by atoms with van der Waals surface area (Å²) in [6.45, 7) is 4.13. The van der Waals surface area contributed by atoms with Crippen molar-refractivity contribution in [2.75, 3.05) is 19.6 Å². The summed E-state index contributed by atoms with van der Waals surface area (Å²) in [5.41, 5.74) is -1.13. The summed E-state index contributed by atoms with van der Waals surface area (Å²) in [6.07, 6.45) is 0.0560. The van der Waals surface area contributed by atoms with Gasteiger partial charge in [0.25, 0.3) is 11.7 Å². The fourth-order valence-electron chi connectivity index (χ4n) is 3.60. The van der Waals surface area contributed by atoms with E-state index in [2.05, 4.69) is 32.2 Å². The number of amides is 1. The number of piperidine rings is 1. The lowest BCUT2D eigenvalue weighted by Gasteiger charge is -2.33. The van der Waals surface area contributed by atoms with Gasteiger partial charge in [-0.05, 0) is 44.5 Å². The summed E-state index contributed by atoms with van der Waals surface area (Å²) in [7, 11) is 0. The Kier molecular flexibility index (Phi) is 5.46. The Hall–Kier alpha value is -2.95. The molecule has 160 valence electrons. The van der Waals surface area contributed by atoms with Gasteiger partial charge < -0.3 is 9.73 Å². The van der Waals surface area contributed by atoms with E-state index in [0.717, 1.165) is 25.5 Å². The van der Waals surface area contributed by atoms with Crippen molar-refractivity contribution in [2.45, 2.75) is 38.4 Å². The Labute approximate surface area is 170 Å². The highest BCUT2D eigenvalue weighted by Gasteiger charge is 2.36. The molecule has 0 radical (unpaired) electrons. The molecule has 0 saturated carbocycles. The normalized spacial score (nSPS) is 18.1. The maximum absolute atomic E-state index is 13.5. The highest BCUT2D eigenvalue weighted by Crippen LogP contribution is 2.31. The number of rotatable bonds is 5. The minimum Gasteiger partial charge on any atom is -0.463 e. The smallest absolute Gasteiger partial charge is 0.433 e. The summed E-state index contributed by atoms with van der Waals surface area (Å²) in [6, 6.07) is 4.30. The molecule has 1 N–H and O–H groups in total. The average molecular weight is 422 g/mol. The van der Waals surface area contributed by atoms with E-state index in [-0.39, 0.29) is 23.1 Å². The van der Waals surface area contributed by atoms with Crippen LogP contribution >= 0.6 is 0 Å². The minimum atomic E-state index is -4.71. The van der Waals surface area contributed by atoms with Crippen LogP contribution in [-0.2, 0) is 6.18 Å². The molecule has 1 aliphatic heterocycles. The van der Waals surface area contributed by atoms with E-state index < -0.39 is 17.8 Å². The van der Waals surface area contributed by atoms with Gasteiger partial charge in [0.15, 0.2) is 11.5 Å². The van der Waals surface area contributed by atoms with E-state index in [1.165, 1.54) is 18.8 Å². The fraction of sp³-hybridized carbons (Fsp3) is 0.474. The lowest BCUT2D eigenvalue weighted by atomic mass is 10.0. The van der Waals surface area contributed by atoms with E-state index in [0.29, 0.717) is 23.6 Å². The van der Waals surface area contributed by atoms with Crippen molar-refractivity contribution in [1.82, 2.24) is 29.8 Å². The lowest BCUT2D eigenvalue weighted by molar-refractivity contribution is -0.142. The molecule has 0 aliphatic carbocycles. The highest BCUT2D eigenvalue weighted by molar-refractivity contribution is 5.90. The van der Waals surface area contributed by atoms with Crippen molar-refractivity contribution in [1.29, 1.82) is 0 Å². The molecular formula is C19H21F3N6O2. The molecule has 0 bridgehead atoms. The highest BCUT2D eigenvalue weighted by atomic mass is 19.4. The van der Waals surface area contributed by atoms with Crippen molar-refractivity contribution in [3.05, 3.63) is 36.0 Å². The summed E-state index contributed by atoms with van der Waals surface area (Å²) in [5, 5.41) is 6.43. The van der Waals surface area contributed by atoms with Crippen LogP contribution in [0, 0.1) is 0 Å². The predicted octanol–water partition coefficient (Wildman–Crippen LogP) is 3.01. The van der Waals surface area contributed by atoms with E-state index in [1.807, 2.05) is 0 Å². The molecule has 1 aliphatic rings. The molecular weight excluding hydrogens is 401 g/mol. The third-order valence-corrected chi connectivity index (χ3v) is 5.20. The number of nitrogens with zero attached hydrogens (tertiary/aromatic N) is 5. The van der Waals surface area contributed by atoms with Crippen molar-refractivity contribution < 1.29 is 22.4 Å². The molecule has 1 atom stereocenters. The monoisotopic (exact) mass is 422 g/mol. The molecule has 4 heterocycles. The zero-order chi connectivity index (χ0) is 21.3. The zero-order valence-corrected chi connectivity index (χ0v) is 16.3. The Morgan fingerprint density at radius 2 is 2.17 bits per heavy atom. The van der Waals surface area contributed by atoms with Crippen LogP contribution in [0.15, 0.2) is 28.9 Å². The van der Waals surface area contributed by atoms with Crippen LogP contribution in [0.5, 0.6) is 0 Å². The van der Waals surface area contributed by atoms with Crippen LogP contribution in [0.1, 0.15) is 42.5 Å². The molecule has 8 nitrogen and oxygen atoms in total. The second-order valence-electron chi connectivity index (χ2n) is 7.29. The molecule has 0 spiro atoms. The number of nitrogens with one attached hydrogen (secondary N) is 1. The van der Waals surface area contributed by atoms with Crippen molar-refractivity contribution >= 4 is 11.7 Å². The van der Waals surface area contributed by atoms with Crippen LogP contribution in [-0.4, -0.2) is 56.1 Å². The molecule has 3 aromatic heterocycles. The zero-order valence-electron chi connectivity index (χ0n) is 16.3. The van der Waals surface area contributed by atoms with Gasteiger partial charge in [0.1, 0.15) is 5.69 Å². The summed E-state index contributed by atoms with van der Waals surface area (Å²) >= 11 is 0. The van der Waals surface area contributed by atoms with E-state index in [1.54, 1.807) is 6.07 Å². The van der Waals surface area contributed by atoms with Crippen molar-refractivity contribution in [3.63, 3.8) is 0 Å². The number of carbonyl (C=O) groups is 1. The molecule has 1 fully saturated rings. The second kappa shape index (κ2) is 8.05. The molecule has 30 heavy (non-hydrogen) atoms. The quantitative estimate of drug-likeness (QED) is 0.680. The number of aromatic nitrogens is 4. The van der Waals surface area contributed by atoms with Crippen LogP contribution in [0.25, 0.3) is 17.2 Å². The number of halogens is 3. The molecule has 1 saturated heterocycles. The predicted molar refractivity (Wildman–Crippen MR) is 101 cm³/mol.